The van der Waals surface area contributed by atoms with Crippen molar-refractivity contribution in [1.29, 1.82) is 0 Å². The van der Waals surface area contributed by atoms with Crippen molar-refractivity contribution >= 4 is 22.6 Å². The van der Waals surface area contributed by atoms with Gasteiger partial charge in [-0.05, 0) is 56.0 Å². The topological polar surface area (TPSA) is 95.2 Å². The number of benzene rings is 1. The van der Waals surface area contributed by atoms with Gasteiger partial charge in [0.25, 0.3) is 0 Å². The van der Waals surface area contributed by atoms with Crippen LogP contribution in [-0.2, 0) is 6.42 Å². The first-order chi connectivity index (χ1) is 15.5. The Hall–Kier alpha value is -3.10. The number of pyridine rings is 1. The Morgan fingerprint density at radius 2 is 2.16 bits per heavy atom. The standard InChI is InChI=1S/C24H28FN5O2/c1-4-15-7-5-9-17(25)21(15)14(2)19-11-20-22-18(29-24(30-20)31-3)10-6-8-16(26)12-27-13-32-23(22)28-19/h4-5,7,9,11,16,27H,6,8,10,12-13,26H2,1-3H3/b15-4-,21-14-. The van der Waals surface area contributed by atoms with E-state index >= 15 is 0 Å². The number of methoxy groups -OCH3 is 1. The van der Waals surface area contributed by atoms with Crippen molar-refractivity contribution in [3.05, 3.63) is 51.9 Å². The molecule has 0 fully saturated rings. The Labute approximate surface area is 186 Å². The van der Waals surface area contributed by atoms with Gasteiger partial charge in [-0.3, -0.25) is 5.32 Å². The van der Waals surface area contributed by atoms with Crippen molar-refractivity contribution in [2.75, 3.05) is 20.4 Å². The third-order valence-corrected chi connectivity index (χ3v) is 5.71. The number of nitrogens with zero attached hydrogens (tertiary/aromatic N) is 3. The van der Waals surface area contributed by atoms with E-state index < -0.39 is 0 Å². The van der Waals surface area contributed by atoms with Gasteiger partial charge in [0.05, 0.1) is 29.4 Å². The third kappa shape index (κ3) is 4.42. The lowest BCUT2D eigenvalue weighted by molar-refractivity contribution is 0.272. The second-order valence-corrected chi connectivity index (χ2v) is 7.88. The Bertz CT molecular complexity index is 1260. The number of rotatable bonds is 2. The SMILES string of the molecule is C/C=c1/cccc(F)/c1=C(/C)c1cc2nc(OC)nc3c2c(n1)OCNCC(N)CCC3. The Kier molecular flexibility index (Phi) is 6.62. The fraction of sp³-hybridized carbons (Fsp3) is 0.375. The molecule has 7 nitrogen and oxygen atoms in total. The monoisotopic (exact) mass is 437 g/mol. The Morgan fingerprint density at radius 3 is 2.94 bits per heavy atom. The summed E-state index contributed by atoms with van der Waals surface area (Å²) >= 11 is 0. The zero-order chi connectivity index (χ0) is 22.7. The molecular weight excluding hydrogens is 409 g/mol. The average Bonchev–Trinajstić information content (AvgIpc) is 2.83. The molecule has 4 rings (SSSR count). The smallest absolute Gasteiger partial charge is 0.316 e. The maximum atomic E-state index is 14.8. The van der Waals surface area contributed by atoms with Crippen LogP contribution in [-0.4, -0.2) is 41.4 Å². The lowest BCUT2D eigenvalue weighted by Crippen LogP contribution is -2.35. The summed E-state index contributed by atoms with van der Waals surface area (Å²) in [5, 5.41) is 5.27. The number of nitrogens with one attached hydrogen (secondary N) is 1. The predicted octanol–water partition coefficient (Wildman–Crippen LogP) is 1.78. The summed E-state index contributed by atoms with van der Waals surface area (Å²) in [5.74, 6) is 0.112. The highest BCUT2D eigenvalue weighted by molar-refractivity contribution is 5.88. The molecule has 1 atom stereocenters. The minimum absolute atomic E-state index is 0.0305. The highest BCUT2D eigenvalue weighted by atomic mass is 19.1. The summed E-state index contributed by atoms with van der Waals surface area (Å²) in [4.78, 5) is 13.9. The van der Waals surface area contributed by atoms with E-state index in [0.29, 0.717) is 40.8 Å². The normalized spacial score (nSPS) is 18.7. The number of aryl methyl sites for hydroxylation is 1. The molecule has 0 radical (unpaired) electrons. The molecule has 0 amide bonds. The maximum Gasteiger partial charge on any atom is 0.316 e. The third-order valence-electron chi connectivity index (χ3n) is 5.71. The van der Waals surface area contributed by atoms with Crippen LogP contribution in [0.3, 0.4) is 0 Å². The Balaban J connectivity index is 1.98. The zero-order valence-corrected chi connectivity index (χ0v) is 18.6. The first kappa shape index (κ1) is 22.1. The summed E-state index contributed by atoms with van der Waals surface area (Å²) in [6, 6.07) is 7.19. The molecule has 3 heterocycles. The van der Waals surface area contributed by atoms with Crippen LogP contribution in [0.1, 0.15) is 38.1 Å². The van der Waals surface area contributed by atoms with Crippen LogP contribution in [0.25, 0.3) is 22.6 Å². The van der Waals surface area contributed by atoms with Gasteiger partial charge in [-0.1, -0.05) is 18.2 Å². The lowest BCUT2D eigenvalue weighted by Gasteiger charge is -2.14. The van der Waals surface area contributed by atoms with Crippen LogP contribution in [0, 0.1) is 5.82 Å². The van der Waals surface area contributed by atoms with Crippen LogP contribution in [0.2, 0.25) is 0 Å². The van der Waals surface area contributed by atoms with Gasteiger partial charge in [0.2, 0.25) is 5.88 Å². The van der Waals surface area contributed by atoms with Crippen molar-refractivity contribution in [3.8, 4) is 11.9 Å². The lowest BCUT2D eigenvalue weighted by atomic mass is 10.0. The van der Waals surface area contributed by atoms with Gasteiger partial charge in [-0.2, -0.15) is 9.97 Å². The summed E-state index contributed by atoms with van der Waals surface area (Å²) < 4.78 is 26.2. The van der Waals surface area contributed by atoms with Gasteiger partial charge in [0.15, 0.2) is 0 Å². The molecule has 1 aliphatic rings. The summed E-state index contributed by atoms with van der Waals surface area (Å²) in [7, 11) is 1.54. The van der Waals surface area contributed by atoms with Gasteiger partial charge >= 0.3 is 6.01 Å². The van der Waals surface area contributed by atoms with Crippen molar-refractivity contribution in [2.24, 2.45) is 5.73 Å². The van der Waals surface area contributed by atoms with E-state index in [2.05, 4.69) is 15.3 Å². The zero-order valence-electron chi connectivity index (χ0n) is 18.6. The predicted molar refractivity (Wildman–Crippen MR) is 122 cm³/mol. The molecule has 0 saturated heterocycles. The van der Waals surface area contributed by atoms with Crippen LogP contribution in [0.5, 0.6) is 11.9 Å². The fourth-order valence-corrected chi connectivity index (χ4v) is 4.04. The largest absolute Gasteiger partial charge is 0.467 e. The van der Waals surface area contributed by atoms with Crippen LogP contribution in [0.15, 0.2) is 24.3 Å². The van der Waals surface area contributed by atoms with Crippen LogP contribution < -0.4 is 31.0 Å². The summed E-state index contributed by atoms with van der Waals surface area (Å²) in [5.41, 5.74) is 8.90. The van der Waals surface area contributed by atoms with E-state index in [-0.39, 0.29) is 24.6 Å². The molecule has 1 unspecified atom stereocenters. The van der Waals surface area contributed by atoms with Crippen LogP contribution in [0.4, 0.5) is 4.39 Å². The van der Waals surface area contributed by atoms with Crippen molar-refractivity contribution in [2.45, 2.75) is 39.2 Å². The molecule has 0 saturated carbocycles. The van der Waals surface area contributed by atoms with Crippen LogP contribution >= 0.6 is 0 Å². The fourth-order valence-electron chi connectivity index (χ4n) is 4.04. The highest BCUT2D eigenvalue weighted by Crippen LogP contribution is 2.30. The molecule has 3 N–H and O–H groups in total. The van der Waals surface area contributed by atoms with Gasteiger partial charge in [-0.25, -0.2) is 9.37 Å². The minimum atomic E-state index is -0.301. The molecule has 32 heavy (non-hydrogen) atoms. The molecule has 8 heteroatoms. The first-order valence-corrected chi connectivity index (χ1v) is 10.8. The molecule has 3 aromatic rings. The number of hydrogen-bond acceptors (Lipinski definition) is 7. The minimum Gasteiger partial charge on any atom is -0.467 e. The van der Waals surface area contributed by atoms with E-state index in [4.69, 9.17) is 20.2 Å². The van der Waals surface area contributed by atoms with Gasteiger partial charge in [-0.15, -0.1) is 0 Å². The second kappa shape index (κ2) is 9.58. The first-order valence-electron chi connectivity index (χ1n) is 10.8. The Morgan fingerprint density at radius 1 is 1.31 bits per heavy atom. The quantitative estimate of drug-likeness (QED) is 0.631. The van der Waals surface area contributed by atoms with Gasteiger partial charge in [0, 0.05) is 17.8 Å². The van der Waals surface area contributed by atoms with Crippen molar-refractivity contribution in [1.82, 2.24) is 20.3 Å². The number of aromatic nitrogens is 3. The van der Waals surface area contributed by atoms with E-state index in [1.54, 1.807) is 13.2 Å². The van der Waals surface area contributed by atoms with E-state index in [1.165, 1.54) is 6.07 Å². The molecule has 2 aromatic heterocycles. The molecule has 168 valence electrons. The van der Waals surface area contributed by atoms with Crippen molar-refractivity contribution in [3.63, 3.8) is 0 Å². The van der Waals surface area contributed by atoms with Crippen molar-refractivity contribution < 1.29 is 13.9 Å². The molecule has 0 bridgehead atoms. The molecular formula is C24H28FN5O2. The van der Waals surface area contributed by atoms with Gasteiger partial charge in [0.1, 0.15) is 12.5 Å². The maximum absolute atomic E-state index is 14.8. The number of halogens is 1. The van der Waals surface area contributed by atoms with E-state index in [0.717, 1.165) is 29.1 Å². The molecule has 1 aromatic carbocycles. The summed E-state index contributed by atoms with van der Waals surface area (Å²) in [6.45, 7) is 4.63. The van der Waals surface area contributed by atoms with Gasteiger partial charge < -0.3 is 15.2 Å². The summed E-state index contributed by atoms with van der Waals surface area (Å²) in [6.07, 6.45) is 4.31. The molecule has 0 spiro atoms. The van der Waals surface area contributed by atoms with E-state index in [9.17, 15) is 4.39 Å². The van der Waals surface area contributed by atoms with E-state index in [1.807, 2.05) is 32.1 Å². The second-order valence-electron chi connectivity index (χ2n) is 7.88. The molecule has 1 aliphatic heterocycles. The number of hydrogen-bond donors (Lipinski definition) is 2. The molecule has 0 aliphatic carbocycles. The number of nitrogens with two attached hydrogens (primary N) is 1. The number of ether oxygens (including phenoxy) is 2. The average molecular weight is 438 g/mol. The highest BCUT2D eigenvalue weighted by Gasteiger charge is 2.19.